The number of fused-ring (bicyclic) bond motifs is 3. The lowest BCUT2D eigenvalue weighted by atomic mass is 9.73. The van der Waals surface area contributed by atoms with E-state index in [9.17, 15) is 4.79 Å². The molecule has 2 nitrogen and oxygen atoms in total. The molecule has 0 heterocycles. The molecular weight excluding hydrogens is 320 g/mol. The van der Waals surface area contributed by atoms with E-state index < -0.39 is 5.41 Å². The Morgan fingerprint density at radius 1 is 0.962 bits per heavy atom. The van der Waals surface area contributed by atoms with Crippen LogP contribution in [-0.4, -0.2) is 19.0 Å². The van der Waals surface area contributed by atoms with E-state index in [0.717, 1.165) is 24.2 Å². The summed E-state index contributed by atoms with van der Waals surface area (Å²) in [5, 5.41) is 0. The standard InChI is InChI=1S/C24H30O2/c1-4-5-10-15-26-17-24(23(25)16-18(2)3)21-13-8-6-11-19(21)20-12-7-9-14-22(20)24/h6-9,11-14,18H,4-5,10,15-17H2,1-3H3. The van der Waals surface area contributed by atoms with E-state index in [1.54, 1.807) is 0 Å². The number of ketones is 1. The number of unbranched alkanes of at least 4 members (excludes halogenated alkanes) is 2. The van der Waals surface area contributed by atoms with Crippen LogP contribution in [0.25, 0.3) is 11.1 Å². The molecule has 0 unspecified atom stereocenters. The molecule has 138 valence electrons. The van der Waals surface area contributed by atoms with Crippen molar-refractivity contribution in [1.82, 2.24) is 0 Å². The molecule has 0 bridgehead atoms. The molecule has 0 atom stereocenters. The number of ether oxygens (including phenoxy) is 1. The summed E-state index contributed by atoms with van der Waals surface area (Å²) in [6.07, 6.45) is 3.96. The second-order valence-corrected chi connectivity index (χ2v) is 7.78. The van der Waals surface area contributed by atoms with Crippen LogP contribution in [0.15, 0.2) is 48.5 Å². The summed E-state index contributed by atoms with van der Waals surface area (Å²) in [4.78, 5) is 13.5. The molecule has 0 amide bonds. The largest absolute Gasteiger partial charge is 0.380 e. The van der Waals surface area contributed by atoms with E-state index in [2.05, 4.69) is 57.2 Å². The average Bonchev–Trinajstić information content (AvgIpc) is 2.93. The van der Waals surface area contributed by atoms with Crippen molar-refractivity contribution in [3.63, 3.8) is 0 Å². The highest BCUT2D eigenvalue weighted by molar-refractivity contribution is 6.02. The van der Waals surface area contributed by atoms with Gasteiger partial charge in [-0.15, -0.1) is 0 Å². The van der Waals surface area contributed by atoms with Gasteiger partial charge in [-0.3, -0.25) is 4.79 Å². The van der Waals surface area contributed by atoms with Crippen molar-refractivity contribution >= 4 is 5.78 Å². The highest BCUT2D eigenvalue weighted by Gasteiger charge is 2.48. The molecule has 0 fully saturated rings. The van der Waals surface area contributed by atoms with E-state index in [4.69, 9.17) is 4.74 Å². The topological polar surface area (TPSA) is 26.3 Å². The van der Waals surface area contributed by atoms with E-state index in [0.29, 0.717) is 18.9 Å². The van der Waals surface area contributed by atoms with Gasteiger partial charge in [0.2, 0.25) is 0 Å². The van der Waals surface area contributed by atoms with Crippen molar-refractivity contribution in [3.8, 4) is 11.1 Å². The van der Waals surface area contributed by atoms with Crippen molar-refractivity contribution in [2.24, 2.45) is 5.92 Å². The van der Waals surface area contributed by atoms with E-state index in [1.807, 2.05) is 12.1 Å². The highest BCUT2D eigenvalue weighted by Crippen LogP contribution is 2.50. The van der Waals surface area contributed by atoms with Crippen LogP contribution in [0.4, 0.5) is 0 Å². The SMILES string of the molecule is CCCCCOCC1(C(=O)CC(C)C)c2ccccc2-c2ccccc21. The molecule has 3 rings (SSSR count). The molecule has 0 radical (unpaired) electrons. The maximum Gasteiger partial charge on any atom is 0.150 e. The van der Waals surface area contributed by atoms with Gasteiger partial charge in [0, 0.05) is 13.0 Å². The van der Waals surface area contributed by atoms with Gasteiger partial charge in [0.25, 0.3) is 0 Å². The van der Waals surface area contributed by atoms with Gasteiger partial charge in [0.15, 0.2) is 0 Å². The Morgan fingerprint density at radius 2 is 1.54 bits per heavy atom. The Balaban J connectivity index is 2.03. The van der Waals surface area contributed by atoms with E-state index >= 15 is 0 Å². The number of Topliss-reactive ketones (excluding diaryl/α,β-unsaturated/α-hetero) is 1. The maximum atomic E-state index is 13.5. The van der Waals surface area contributed by atoms with Crippen molar-refractivity contribution < 1.29 is 9.53 Å². The van der Waals surface area contributed by atoms with Gasteiger partial charge in [-0.25, -0.2) is 0 Å². The van der Waals surface area contributed by atoms with Gasteiger partial charge in [0.05, 0.1) is 6.61 Å². The third kappa shape index (κ3) is 3.35. The summed E-state index contributed by atoms with van der Waals surface area (Å²) in [5.74, 6) is 0.611. The minimum absolute atomic E-state index is 0.278. The van der Waals surface area contributed by atoms with Crippen LogP contribution < -0.4 is 0 Å². The predicted molar refractivity (Wildman–Crippen MR) is 107 cm³/mol. The van der Waals surface area contributed by atoms with Crippen molar-refractivity contribution in [2.75, 3.05) is 13.2 Å². The Bertz CT molecular complexity index is 715. The molecule has 1 aliphatic carbocycles. The smallest absolute Gasteiger partial charge is 0.150 e. The van der Waals surface area contributed by atoms with Gasteiger partial charge in [-0.05, 0) is 34.6 Å². The molecular formula is C24H30O2. The lowest BCUT2D eigenvalue weighted by Gasteiger charge is -2.31. The minimum Gasteiger partial charge on any atom is -0.380 e. The first-order valence-electron chi connectivity index (χ1n) is 9.91. The van der Waals surface area contributed by atoms with Crippen LogP contribution in [0.1, 0.15) is 57.6 Å². The summed E-state index contributed by atoms with van der Waals surface area (Å²) < 4.78 is 6.12. The van der Waals surface area contributed by atoms with Gasteiger partial charge in [0.1, 0.15) is 11.2 Å². The second-order valence-electron chi connectivity index (χ2n) is 7.78. The summed E-state index contributed by atoms with van der Waals surface area (Å²) in [5.41, 5.74) is 3.92. The first kappa shape index (κ1) is 18.8. The van der Waals surface area contributed by atoms with Crippen LogP contribution in [0.5, 0.6) is 0 Å². The fourth-order valence-electron chi connectivity index (χ4n) is 4.09. The number of hydrogen-bond donors (Lipinski definition) is 0. The lowest BCUT2D eigenvalue weighted by molar-refractivity contribution is -0.125. The van der Waals surface area contributed by atoms with Crippen LogP contribution in [0, 0.1) is 5.92 Å². The van der Waals surface area contributed by atoms with E-state index in [-0.39, 0.29) is 5.78 Å². The molecule has 0 aliphatic heterocycles. The molecule has 0 saturated carbocycles. The molecule has 0 N–H and O–H groups in total. The molecule has 2 aromatic carbocycles. The van der Waals surface area contributed by atoms with Gasteiger partial charge < -0.3 is 4.74 Å². The molecule has 0 aromatic heterocycles. The lowest BCUT2D eigenvalue weighted by Crippen LogP contribution is -2.40. The monoisotopic (exact) mass is 350 g/mol. The number of hydrogen-bond acceptors (Lipinski definition) is 2. The summed E-state index contributed by atoms with van der Waals surface area (Å²) >= 11 is 0. The second kappa shape index (κ2) is 8.18. The number of rotatable bonds is 9. The normalized spacial score (nSPS) is 14.3. The quantitative estimate of drug-likeness (QED) is 0.536. The third-order valence-corrected chi connectivity index (χ3v) is 5.34. The molecule has 2 heteroatoms. The summed E-state index contributed by atoms with van der Waals surface area (Å²) in [6, 6.07) is 16.7. The molecule has 0 spiro atoms. The van der Waals surface area contributed by atoms with Crippen molar-refractivity contribution in [2.45, 2.75) is 51.9 Å². The number of carbonyl (C=O) groups excluding carboxylic acids is 1. The maximum absolute atomic E-state index is 13.5. The van der Waals surface area contributed by atoms with Crippen molar-refractivity contribution in [3.05, 3.63) is 59.7 Å². The first-order valence-corrected chi connectivity index (χ1v) is 9.91. The Hall–Kier alpha value is -1.93. The van der Waals surface area contributed by atoms with Crippen LogP contribution in [-0.2, 0) is 14.9 Å². The van der Waals surface area contributed by atoms with E-state index in [1.165, 1.54) is 24.0 Å². The zero-order valence-electron chi connectivity index (χ0n) is 16.3. The zero-order valence-corrected chi connectivity index (χ0v) is 16.3. The Kier molecular flexibility index (Phi) is 5.93. The molecule has 0 saturated heterocycles. The van der Waals surface area contributed by atoms with Crippen LogP contribution in [0.3, 0.4) is 0 Å². The number of benzene rings is 2. The zero-order chi connectivity index (χ0) is 18.6. The van der Waals surface area contributed by atoms with Gasteiger partial charge in [-0.1, -0.05) is 82.1 Å². The summed E-state index contributed by atoms with van der Waals surface area (Å²) in [6.45, 7) is 7.57. The first-order chi connectivity index (χ1) is 12.6. The molecule has 2 aromatic rings. The minimum atomic E-state index is -0.663. The molecule has 26 heavy (non-hydrogen) atoms. The highest BCUT2D eigenvalue weighted by atomic mass is 16.5. The van der Waals surface area contributed by atoms with Gasteiger partial charge >= 0.3 is 0 Å². The fraction of sp³-hybridized carbons (Fsp3) is 0.458. The van der Waals surface area contributed by atoms with Crippen LogP contribution in [0.2, 0.25) is 0 Å². The fourth-order valence-corrected chi connectivity index (χ4v) is 4.09. The third-order valence-electron chi connectivity index (χ3n) is 5.34. The summed E-state index contributed by atoms with van der Waals surface area (Å²) in [7, 11) is 0. The predicted octanol–water partition coefficient (Wildman–Crippen LogP) is 5.78. The Morgan fingerprint density at radius 3 is 2.08 bits per heavy atom. The van der Waals surface area contributed by atoms with Crippen LogP contribution >= 0.6 is 0 Å². The average molecular weight is 351 g/mol. The molecule has 1 aliphatic rings. The van der Waals surface area contributed by atoms with Crippen molar-refractivity contribution in [1.29, 1.82) is 0 Å². The Labute approximate surface area is 157 Å². The number of carbonyl (C=O) groups is 1. The van der Waals surface area contributed by atoms with Gasteiger partial charge in [-0.2, -0.15) is 0 Å².